The Morgan fingerprint density at radius 2 is 2.35 bits per heavy atom. The first-order valence-corrected chi connectivity index (χ1v) is 10.5. The lowest BCUT2D eigenvalue weighted by Gasteiger charge is -2.51. The molecule has 7 heteroatoms. The molecule has 1 aromatic heterocycles. The zero-order valence-electron chi connectivity index (χ0n) is 14.7. The fourth-order valence-electron chi connectivity index (χ4n) is 3.40. The molecular weight excluding hydrogens is 350 g/mol. The number of rotatable bonds is 7. The van der Waals surface area contributed by atoms with E-state index in [1.54, 1.807) is 12.4 Å². The number of amides is 1. The average Bonchev–Trinajstić information content (AvgIpc) is 2.61. The molecule has 2 aliphatic heterocycles. The summed E-state index contributed by atoms with van der Waals surface area (Å²) >= 11 is 0. The number of fused-ring (bicyclic) bond motifs is 1. The van der Waals surface area contributed by atoms with E-state index < -0.39 is 16.9 Å². The normalized spacial score (nSPS) is 25.2. The van der Waals surface area contributed by atoms with Crippen LogP contribution in [0.2, 0.25) is 0 Å². The first kappa shape index (κ1) is 18.7. The summed E-state index contributed by atoms with van der Waals surface area (Å²) in [6.07, 6.45) is 10.5. The molecule has 0 aromatic carbocycles. The third kappa shape index (κ3) is 3.83. The Kier molecular flexibility index (Phi) is 5.78. The number of aliphatic carboxylic acids is 1. The molecule has 3 N–H and O–H groups in total. The van der Waals surface area contributed by atoms with Gasteiger partial charge in [0.15, 0.2) is 0 Å². The number of allylic oxidation sites excluding steroid dienone is 1. The number of carbonyl (C=O) groups excluding carboxylic acids is 1. The number of hydrogen-bond donors (Lipinski definition) is 3. The fraction of sp³-hybridized carbons (Fsp3) is 0.368. The van der Waals surface area contributed by atoms with Gasteiger partial charge in [0.05, 0.1) is 11.8 Å². The minimum atomic E-state index is -1.05. The maximum Gasteiger partial charge on any atom is 0.352 e. The molecule has 2 aliphatic rings. The number of β-lactam (4-membered cyclic amide) rings is 1. The predicted molar refractivity (Wildman–Crippen MR) is 104 cm³/mol. The number of carbonyl (C=O) groups is 2. The summed E-state index contributed by atoms with van der Waals surface area (Å²) < 4.78 is 0. The van der Waals surface area contributed by atoms with Gasteiger partial charge in [0.25, 0.3) is 0 Å². The summed E-state index contributed by atoms with van der Waals surface area (Å²) in [4.78, 5) is 29.5. The monoisotopic (exact) mass is 374 g/mol. The van der Waals surface area contributed by atoms with E-state index in [1.807, 2.05) is 24.3 Å². The van der Waals surface area contributed by atoms with Crippen molar-refractivity contribution in [1.29, 1.82) is 0 Å². The summed E-state index contributed by atoms with van der Waals surface area (Å²) in [5.41, 5.74) is 7.89. The number of pyridine rings is 1. The zero-order chi connectivity index (χ0) is 18.7. The number of thiol groups is 1. The molecular formula is C19H24N3O3S. The Labute approximate surface area is 156 Å². The molecule has 1 fully saturated rings. The van der Waals surface area contributed by atoms with E-state index in [4.69, 9.17) is 5.73 Å². The van der Waals surface area contributed by atoms with E-state index in [9.17, 15) is 14.7 Å². The quantitative estimate of drug-likeness (QED) is 0.501. The maximum absolute atomic E-state index is 12.1. The van der Waals surface area contributed by atoms with Crippen LogP contribution < -0.4 is 5.73 Å². The molecule has 139 valence electrons. The van der Waals surface area contributed by atoms with E-state index in [-0.39, 0.29) is 23.0 Å². The van der Waals surface area contributed by atoms with Gasteiger partial charge >= 0.3 is 5.97 Å². The van der Waals surface area contributed by atoms with Gasteiger partial charge in [0, 0.05) is 24.2 Å². The van der Waals surface area contributed by atoms with Gasteiger partial charge in [0.2, 0.25) is 5.91 Å². The third-order valence-corrected chi connectivity index (χ3v) is 7.51. The van der Waals surface area contributed by atoms with Crippen molar-refractivity contribution in [2.24, 2.45) is 5.73 Å². The molecule has 1 aromatic rings. The number of aromatic nitrogens is 1. The summed E-state index contributed by atoms with van der Waals surface area (Å²) in [7, 11) is -0.573. The summed E-state index contributed by atoms with van der Waals surface area (Å²) in [5, 5.41) is 9.69. The van der Waals surface area contributed by atoms with E-state index >= 15 is 0 Å². The van der Waals surface area contributed by atoms with Crippen LogP contribution in [0.4, 0.5) is 0 Å². The third-order valence-electron chi connectivity index (χ3n) is 4.61. The highest BCUT2D eigenvalue weighted by Crippen LogP contribution is 2.50. The van der Waals surface area contributed by atoms with Crippen LogP contribution in [0.3, 0.4) is 0 Å². The molecule has 6 nitrogen and oxygen atoms in total. The second kappa shape index (κ2) is 8.05. The molecule has 1 amide bonds. The molecule has 3 atom stereocenters. The van der Waals surface area contributed by atoms with Crippen LogP contribution in [0.5, 0.6) is 0 Å². The van der Waals surface area contributed by atoms with Gasteiger partial charge in [-0.15, -0.1) is 0 Å². The first-order chi connectivity index (χ1) is 12.5. The van der Waals surface area contributed by atoms with Crippen molar-refractivity contribution in [3.63, 3.8) is 0 Å². The Hall–Kier alpha value is -2.12. The van der Waals surface area contributed by atoms with Crippen LogP contribution in [0, 0.1) is 6.42 Å². The van der Waals surface area contributed by atoms with Crippen LogP contribution in [-0.4, -0.2) is 49.8 Å². The van der Waals surface area contributed by atoms with Crippen molar-refractivity contribution in [2.45, 2.75) is 31.2 Å². The smallest absolute Gasteiger partial charge is 0.352 e. The fourth-order valence-corrected chi connectivity index (χ4v) is 6.35. The molecule has 26 heavy (non-hydrogen) atoms. The van der Waals surface area contributed by atoms with Gasteiger partial charge in [0.1, 0.15) is 5.70 Å². The molecule has 1 radical (unpaired) electrons. The van der Waals surface area contributed by atoms with Gasteiger partial charge in [-0.3, -0.25) is 14.7 Å². The molecule has 3 unspecified atom stereocenters. The van der Waals surface area contributed by atoms with Crippen molar-refractivity contribution in [2.75, 3.05) is 11.5 Å². The SMILES string of the molecule is CC[CH]C(N)C[SH]1CC(/C=C\c2cccnc2)=C(C(=O)O)N2C(=O)CC21. The van der Waals surface area contributed by atoms with Gasteiger partial charge < -0.3 is 10.8 Å². The lowest BCUT2D eigenvalue weighted by Crippen LogP contribution is -2.56. The molecule has 3 heterocycles. The van der Waals surface area contributed by atoms with Crippen molar-refractivity contribution >= 4 is 28.8 Å². The summed E-state index contributed by atoms with van der Waals surface area (Å²) in [6, 6.07) is 3.72. The standard InChI is InChI=1S/C19H24N3O3S/c1-2-4-15(20)12-26-11-14(7-6-13-5-3-8-21-10-13)18(19(24)25)22-16(23)9-17(22)26/h3-8,10,15,17,26H,2,9,11-12,20H2,1H3,(H,24,25)/b7-6-. The van der Waals surface area contributed by atoms with Crippen molar-refractivity contribution < 1.29 is 14.7 Å². The van der Waals surface area contributed by atoms with Crippen LogP contribution in [0.15, 0.2) is 41.9 Å². The van der Waals surface area contributed by atoms with Gasteiger partial charge in [-0.05, 0) is 29.4 Å². The molecule has 0 aliphatic carbocycles. The number of carboxylic acid groups (broad SMARTS) is 1. The lowest BCUT2D eigenvalue weighted by atomic mass is 10.1. The van der Waals surface area contributed by atoms with Crippen LogP contribution in [0.25, 0.3) is 6.08 Å². The van der Waals surface area contributed by atoms with E-state index in [2.05, 4.69) is 18.3 Å². The number of hydrogen-bond acceptors (Lipinski definition) is 4. The van der Waals surface area contributed by atoms with Crippen LogP contribution >= 0.6 is 10.9 Å². The van der Waals surface area contributed by atoms with Crippen LogP contribution in [0.1, 0.15) is 25.3 Å². The van der Waals surface area contributed by atoms with Crippen molar-refractivity contribution in [3.05, 3.63) is 53.9 Å². The number of nitrogens with two attached hydrogens (primary N) is 1. The highest BCUT2D eigenvalue weighted by Gasteiger charge is 2.47. The van der Waals surface area contributed by atoms with Gasteiger partial charge in [-0.1, -0.05) is 31.6 Å². The zero-order valence-corrected chi connectivity index (χ0v) is 15.6. The highest BCUT2D eigenvalue weighted by molar-refractivity contribution is 8.17. The number of nitrogens with zero attached hydrogens (tertiary/aromatic N) is 2. The maximum atomic E-state index is 12.1. The lowest BCUT2D eigenvalue weighted by molar-refractivity contribution is -0.146. The van der Waals surface area contributed by atoms with Crippen molar-refractivity contribution in [3.8, 4) is 0 Å². The summed E-state index contributed by atoms with van der Waals surface area (Å²) in [6.45, 7) is 2.05. The Morgan fingerprint density at radius 3 is 2.96 bits per heavy atom. The van der Waals surface area contributed by atoms with Crippen LogP contribution in [-0.2, 0) is 9.59 Å². The molecule has 0 saturated carbocycles. The van der Waals surface area contributed by atoms with E-state index in [0.29, 0.717) is 17.7 Å². The largest absolute Gasteiger partial charge is 0.477 e. The molecule has 0 spiro atoms. The van der Waals surface area contributed by atoms with E-state index in [0.717, 1.165) is 17.7 Å². The van der Waals surface area contributed by atoms with Gasteiger partial charge in [-0.25, -0.2) is 15.7 Å². The Balaban J connectivity index is 1.89. The second-order valence-corrected chi connectivity index (χ2v) is 8.94. The highest BCUT2D eigenvalue weighted by atomic mass is 32.2. The predicted octanol–water partition coefficient (Wildman–Crippen LogP) is 1.95. The minimum Gasteiger partial charge on any atom is -0.477 e. The minimum absolute atomic E-state index is 0.00967. The van der Waals surface area contributed by atoms with Crippen molar-refractivity contribution in [1.82, 2.24) is 9.88 Å². The molecule has 1 saturated heterocycles. The Morgan fingerprint density at radius 1 is 1.54 bits per heavy atom. The topological polar surface area (TPSA) is 96.5 Å². The molecule has 3 rings (SSSR count). The van der Waals surface area contributed by atoms with E-state index in [1.165, 1.54) is 4.90 Å². The molecule has 0 bridgehead atoms. The first-order valence-electron chi connectivity index (χ1n) is 8.70. The number of carboxylic acids is 1. The van der Waals surface area contributed by atoms with Gasteiger partial charge in [-0.2, -0.15) is 0 Å². The second-order valence-electron chi connectivity index (χ2n) is 6.48. The summed E-state index contributed by atoms with van der Waals surface area (Å²) in [5.74, 6) is 0.329. The average molecular weight is 374 g/mol. The Bertz CT molecular complexity index is 748.